The predicted octanol–water partition coefficient (Wildman–Crippen LogP) is 4.59. The first-order chi connectivity index (χ1) is 10.2. The van der Waals surface area contributed by atoms with Crippen molar-refractivity contribution >= 4 is 57.8 Å². The lowest BCUT2D eigenvalue weighted by Gasteiger charge is -1.92. The van der Waals surface area contributed by atoms with Gasteiger partial charge in [0.1, 0.15) is 10.3 Å². The lowest BCUT2D eigenvalue weighted by atomic mass is 10.4. The van der Waals surface area contributed by atoms with Crippen LogP contribution < -0.4 is 0 Å². The van der Waals surface area contributed by atoms with Crippen LogP contribution in [0.15, 0.2) is 24.3 Å². The van der Waals surface area contributed by atoms with Gasteiger partial charge in [-0.05, 0) is 12.1 Å². The fraction of sp³-hybridized carbons (Fsp3) is 0. The maximum atomic E-state index is 10.2. The molecule has 0 aliphatic rings. The van der Waals surface area contributed by atoms with Crippen molar-refractivity contribution in [1.29, 1.82) is 0 Å². The minimum Gasteiger partial charge on any atom is -0.258 e. The van der Waals surface area contributed by atoms with Crippen LogP contribution in [0.25, 0.3) is 0 Å². The van der Waals surface area contributed by atoms with Crippen LogP contribution in [0.5, 0.6) is 0 Å². The molecule has 0 bridgehead atoms. The van der Waals surface area contributed by atoms with E-state index in [2.05, 4.69) is 9.97 Å². The topological polar surface area (TPSA) is 112 Å². The van der Waals surface area contributed by atoms with Crippen LogP contribution in [0, 0.1) is 20.2 Å². The number of hydrogen-bond donors (Lipinski definition) is 0. The minimum atomic E-state index is -0.619. The van der Waals surface area contributed by atoms with Gasteiger partial charge in [0.15, 0.2) is 0 Å². The van der Waals surface area contributed by atoms with Gasteiger partial charge in [-0.1, -0.05) is 46.4 Å². The Morgan fingerprint density at radius 1 is 0.727 bits per heavy atom. The highest BCUT2D eigenvalue weighted by molar-refractivity contribution is 6.34. The second-order valence-corrected chi connectivity index (χ2v) is 4.89. The summed E-state index contributed by atoms with van der Waals surface area (Å²) in [6, 6.07) is 5.03. The molecule has 0 amide bonds. The van der Waals surface area contributed by atoms with Crippen LogP contribution in [-0.2, 0) is 0 Å². The monoisotopic (exact) mass is 384 g/mol. The second-order valence-electron chi connectivity index (χ2n) is 3.40. The molecule has 2 aromatic heterocycles. The smallest absolute Gasteiger partial charge is 0.258 e. The van der Waals surface area contributed by atoms with Gasteiger partial charge in [0.2, 0.25) is 10.3 Å². The van der Waals surface area contributed by atoms with Crippen LogP contribution in [0.4, 0.5) is 11.4 Å². The summed E-state index contributed by atoms with van der Waals surface area (Å²) in [6.07, 6.45) is 0. The largest absolute Gasteiger partial charge is 0.306 e. The quantitative estimate of drug-likeness (QED) is 0.424. The standard InChI is InChI=1S/2C5H2Cl2N2O2/c2*6-4-2-1-3(9(10)11)5(7)8-4/h2*1-2H. The summed E-state index contributed by atoms with van der Waals surface area (Å²) in [7, 11) is 0. The van der Waals surface area contributed by atoms with Crippen LogP contribution in [-0.4, -0.2) is 19.8 Å². The summed E-state index contributed by atoms with van der Waals surface area (Å²) in [6.45, 7) is 0. The molecule has 0 fully saturated rings. The molecule has 2 aromatic rings. The molecule has 2 rings (SSSR count). The summed E-state index contributed by atoms with van der Waals surface area (Å²) in [5, 5.41) is 20.2. The van der Waals surface area contributed by atoms with Gasteiger partial charge in [0, 0.05) is 12.1 Å². The van der Waals surface area contributed by atoms with E-state index in [1.165, 1.54) is 24.3 Å². The van der Waals surface area contributed by atoms with Crippen molar-refractivity contribution in [2.24, 2.45) is 0 Å². The Bertz CT molecular complexity index is 667. The average molecular weight is 386 g/mol. The zero-order valence-corrected chi connectivity index (χ0v) is 13.3. The van der Waals surface area contributed by atoms with Crippen molar-refractivity contribution in [1.82, 2.24) is 9.97 Å². The first-order valence-corrected chi connectivity index (χ1v) is 6.66. The molecular formula is C10H4Cl4N4O4. The van der Waals surface area contributed by atoms with Gasteiger partial charge in [-0.2, -0.15) is 0 Å². The zero-order valence-electron chi connectivity index (χ0n) is 10.2. The maximum Gasteiger partial charge on any atom is 0.306 e. The molecule has 0 aliphatic carbocycles. The second kappa shape index (κ2) is 8.04. The third-order valence-corrected chi connectivity index (χ3v) is 2.96. The van der Waals surface area contributed by atoms with E-state index in [0.717, 1.165) is 0 Å². The number of hydrogen-bond acceptors (Lipinski definition) is 6. The third kappa shape index (κ3) is 5.23. The first-order valence-electron chi connectivity index (χ1n) is 5.15. The Labute approximate surface area is 142 Å². The van der Waals surface area contributed by atoms with E-state index in [1.807, 2.05) is 0 Å². The molecule has 8 nitrogen and oxygen atoms in total. The molecular weight excluding hydrogens is 382 g/mol. The molecule has 0 spiro atoms. The molecule has 0 aliphatic heterocycles. The number of rotatable bonds is 2. The Morgan fingerprint density at radius 2 is 1.05 bits per heavy atom. The van der Waals surface area contributed by atoms with Gasteiger partial charge in [-0.3, -0.25) is 20.2 Å². The van der Waals surface area contributed by atoms with Crippen LogP contribution >= 0.6 is 46.4 Å². The van der Waals surface area contributed by atoms with Crippen molar-refractivity contribution < 1.29 is 9.85 Å². The molecule has 0 saturated heterocycles. The highest BCUT2D eigenvalue weighted by Crippen LogP contribution is 2.23. The molecule has 0 radical (unpaired) electrons. The molecule has 116 valence electrons. The van der Waals surface area contributed by atoms with E-state index in [1.54, 1.807) is 0 Å². The van der Waals surface area contributed by atoms with E-state index in [-0.39, 0.29) is 32.0 Å². The summed E-state index contributed by atoms with van der Waals surface area (Å²) < 4.78 is 0. The number of aromatic nitrogens is 2. The lowest BCUT2D eigenvalue weighted by Crippen LogP contribution is -1.90. The van der Waals surface area contributed by atoms with E-state index >= 15 is 0 Å². The van der Waals surface area contributed by atoms with Gasteiger partial charge in [-0.25, -0.2) is 9.97 Å². The minimum absolute atomic E-state index is 0.139. The van der Waals surface area contributed by atoms with Gasteiger partial charge >= 0.3 is 11.4 Å². The van der Waals surface area contributed by atoms with Crippen LogP contribution in [0.3, 0.4) is 0 Å². The summed E-state index contributed by atoms with van der Waals surface area (Å²) in [4.78, 5) is 26.1. The van der Waals surface area contributed by atoms with E-state index in [4.69, 9.17) is 46.4 Å². The number of pyridine rings is 2. The summed E-state index contributed by atoms with van der Waals surface area (Å²) >= 11 is 21.6. The molecule has 0 aromatic carbocycles. The molecule has 12 heteroatoms. The molecule has 22 heavy (non-hydrogen) atoms. The zero-order chi connectivity index (χ0) is 16.9. The first kappa shape index (κ1) is 18.3. The molecule has 0 unspecified atom stereocenters. The Morgan fingerprint density at radius 3 is 1.27 bits per heavy atom. The third-order valence-electron chi connectivity index (χ3n) is 1.98. The fourth-order valence-corrected chi connectivity index (χ4v) is 1.91. The van der Waals surface area contributed by atoms with Crippen molar-refractivity contribution in [3.8, 4) is 0 Å². The Kier molecular flexibility index (Phi) is 6.69. The van der Waals surface area contributed by atoms with Crippen molar-refractivity contribution in [3.63, 3.8) is 0 Å². The van der Waals surface area contributed by atoms with Gasteiger partial charge in [-0.15, -0.1) is 0 Å². The van der Waals surface area contributed by atoms with E-state index < -0.39 is 9.85 Å². The summed E-state index contributed by atoms with van der Waals surface area (Å²) in [5.74, 6) is 0. The Balaban J connectivity index is 0.000000220. The highest BCUT2D eigenvalue weighted by Gasteiger charge is 2.13. The van der Waals surface area contributed by atoms with E-state index in [9.17, 15) is 20.2 Å². The number of halogens is 4. The van der Waals surface area contributed by atoms with Crippen LogP contribution in [0.2, 0.25) is 20.6 Å². The molecule has 0 atom stereocenters. The van der Waals surface area contributed by atoms with E-state index in [0.29, 0.717) is 0 Å². The lowest BCUT2D eigenvalue weighted by molar-refractivity contribution is -0.385. The number of nitrogens with zero attached hydrogens (tertiary/aromatic N) is 4. The van der Waals surface area contributed by atoms with Crippen LogP contribution in [0.1, 0.15) is 0 Å². The number of nitro groups is 2. The van der Waals surface area contributed by atoms with Gasteiger partial charge < -0.3 is 0 Å². The SMILES string of the molecule is O=[N+]([O-])c1ccc(Cl)nc1Cl.O=[N+]([O-])c1ccc(Cl)nc1Cl. The Hall–Kier alpha value is -1.74. The maximum absolute atomic E-state index is 10.2. The van der Waals surface area contributed by atoms with Crippen molar-refractivity contribution in [2.75, 3.05) is 0 Å². The van der Waals surface area contributed by atoms with Gasteiger partial charge in [0.25, 0.3) is 0 Å². The average Bonchev–Trinajstić information content (AvgIpc) is 2.38. The van der Waals surface area contributed by atoms with Gasteiger partial charge in [0.05, 0.1) is 9.85 Å². The molecule has 0 saturated carbocycles. The molecule has 0 N–H and O–H groups in total. The fourth-order valence-electron chi connectivity index (χ4n) is 1.08. The van der Waals surface area contributed by atoms with Crippen molar-refractivity contribution in [3.05, 3.63) is 65.1 Å². The molecule has 2 heterocycles. The summed E-state index contributed by atoms with van der Waals surface area (Å²) in [5.41, 5.74) is -0.480. The predicted molar refractivity (Wildman–Crippen MR) is 81.8 cm³/mol. The highest BCUT2D eigenvalue weighted by atomic mass is 35.5. The normalized spacial score (nSPS) is 9.64. The van der Waals surface area contributed by atoms with Crippen molar-refractivity contribution in [2.45, 2.75) is 0 Å².